The van der Waals surface area contributed by atoms with Crippen molar-refractivity contribution in [2.75, 3.05) is 5.32 Å². The van der Waals surface area contributed by atoms with Crippen LogP contribution in [0.2, 0.25) is 5.15 Å². The predicted octanol–water partition coefficient (Wildman–Crippen LogP) is 3.11. The van der Waals surface area contributed by atoms with E-state index in [9.17, 15) is 14.9 Å². The Morgan fingerprint density at radius 1 is 1.47 bits per heavy atom. The lowest BCUT2D eigenvalue weighted by Crippen LogP contribution is -2.13. The number of hydrogen-bond donors (Lipinski definition) is 1. The zero-order valence-electron chi connectivity index (χ0n) is 8.96. The summed E-state index contributed by atoms with van der Waals surface area (Å²) in [5.74, 6) is -0.608. The first kappa shape index (κ1) is 13.8. The predicted molar refractivity (Wildman–Crippen MR) is 73.7 cm³/mol. The molecule has 2 heterocycles. The van der Waals surface area contributed by atoms with Crippen LogP contribution >= 0.6 is 38.9 Å². The Bertz CT molecular complexity index is 663. The lowest BCUT2D eigenvalue weighted by Gasteiger charge is -2.03. The van der Waals surface area contributed by atoms with Crippen molar-refractivity contribution in [3.63, 3.8) is 0 Å². The number of nitrogens with one attached hydrogen (secondary N) is 1. The molecular weight excluding hydrogens is 360 g/mol. The van der Waals surface area contributed by atoms with E-state index in [1.807, 2.05) is 0 Å². The lowest BCUT2D eigenvalue weighted by molar-refractivity contribution is -0.385. The molecule has 0 aliphatic heterocycles. The number of nitrogens with zero attached hydrogens (tertiary/aromatic N) is 3. The number of aromatic nitrogens is 2. The molecule has 19 heavy (non-hydrogen) atoms. The van der Waals surface area contributed by atoms with Gasteiger partial charge >= 0.3 is 0 Å². The minimum atomic E-state index is -0.653. The number of rotatable bonds is 3. The van der Waals surface area contributed by atoms with Gasteiger partial charge in [-0.2, -0.15) is 0 Å². The molecule has 0 fully saturated rings. The van der Waals surface area contributed by atoms with Crippen LogP contribution in [0.1, 0.15) is 10.4 Å². The van der Waals surface area contributed by atoms with Crippen LogP contribution in [0, 0.1) is 10.1 Å². The van der Waals surface area contributed by atoms with Crippen LogP contribution < -0.4 is 5.32 Å². The zero-order chi connectivity index (χ0) is 14.0. The molecule has 10 heteroatoms. The zero-order valence-corrected chi connectivity index (χ0v) is 12.1. The molecule has 0 saturated carbocycles. The molecule has 1 amide bonds. The molecule has 0 bridgehead atoms. The minimum Gasteiger partial charge on any atom is -0.298 e. The van der Waals surface area contributed by atoms with Gasteiger partial charge in [-0.15, -0.1) is 0 Å². The summed E-state index contributed by atoms with van der Waals surface area (Å²) >= 11 is 10.2. The summed E-state index contributed by atoms with van der Waals surface area (Å²) in [7, 11) is 0. The van der Waals surface area contributed by atoms with Crippen molar-refractivity contribution < 1.29 is 9.72 Å². The monoisotopic (exact) mass is 362 g/mol. The van der Waals surface area contributed by atoms with Crippen molar-refractivity contribution in [1.82, 2.24) is 9.97 Å². The summed E-state index contributed by atoms with van der Waals surface area (Å²) < 4.78 is 0.742. The van der Waals surface area contributed by atoms with Gasteiger partial charge in [0.1, 0.15) is 11.3 Å². The van der Waals surface area contributed by atoms with E-state index in [1.54, 1.807) is 0 Å². The standard InChI is InChI=1S/C9H4BrClN4O3S/c10-6-3-13-9(19-6)14-8(16)5-1-4(15(17)18)2-12-7(5)11/h1-3H,(H,13,14,16). The maximum Gasteiger partial charge on any atom is 0.288 e. The first-order valence-electron chi connectivity index (χ1n) is 4.70. The van der Waals surface area contributed by atoms with Crippen molar-refractivity contribution in [2.24, 2.45) is 0 Å². The highest BCUT2D eigenvalue weighted by atomic mass is 79.9. The van der Waals surface area contributed by atoms with Crippen molar-refractivity contribution in [3.05, 3.63) is 43.1 Å². The van der Waals surface area contributed by atoms with E-state index in [0.717, 1.165) is 16.0 Å². The fraction of sp³-hybridized carbons (Fsp3) is 0. The molecule has 2 aromatic rings. The Morgan fingerprint density at radius 3 is 2.79 bits per heavy atom. The van der Waals surface area contributed by atoms with Gasteiger partial charge in [0.15, 0.2) is 5.13 Å². The Morgan fingerprint density at radius 2 is 2.21 bits per heavy atom. The summed E-state index contributed by atoms with van der Waals surface area (Å²) in [4.78, 5) is 29.4. The molecule has 2 aromatic heterocycles. The van der Waals surface area contributed by atoms with Crippen molar-refractivity contribution in [3.8, 4) is 0 Å². The Kier molecular flexibility index (Phi) is 4.08. The van der Waals surface area contributed by atoms with Crippen LogP contribution in [0.4, 0.5) is 10.8 Å². The molecule has 0 atom stereocenters. The molecule has 0 aliphatic carbocycles. The number of carbonyl (C=O) groups excluding carboxylic acids is 1. The Hall–Kier alpha value is -1.58. The molecular formula is C9H4BrClN4O3S. The van der Waals surface area contributed by atoms with Gasteiger partial charge in [0.05, 0.1) is 20.5 Å². The van der Waals surface area contributed by atoms with E-state index in [-0.39, 0.29) is 16.4 Å². The normalized spacial score (nSPS) is 10.2. The van der Waals surface area contributed by atoms with E-state index in [4.69, 9.17) is 11.6 Å². The molecule has 7 nitrogen and oxygen atoms in total. The highest BCUT2D eigenvalue weighted by Crippen LogP contribution is 2.25. The third-order valence-corrected chi connectivity index (χ3v) is 3.67. The third-order valence-electron chi connectivity index (χ3n) is 1.98. The van der Waals surface area contributed by atoms with Gasteiger partial charge < -0.3 is 0 Å². The number of halogens is 2. The number of thiazole rings is 1. The third kappa shape index (κ3) is 3.25. The van der Waals surface area contributed by atoms with E-state index in [2.05, 4.69) is 31.2 Å². The number of nitro groups is 1. The molecule has 98 valence electrons. The average Bonchev–Trinajstić information content (AvgIpc) is 2.74. The van der Waals surface area contributed by atoms with E-state index in [1.165, 1.54) is 17.5 Å². The average molecular weight is 364 g/mol. The number of amides is 1. The van der Waals surface area contributed by atoms with E-state index in [0.29, 0.717) is 5.13 Å². The van der Waals surface area contributed by atoms with Crippen LogP contribution in [0.15, 0.2) is 22.2 Å². The summed E-state index contributed by atoms with van der Waals surface area (Å²) in [6.07, 6.45) is 2.51. The molecule has 0 spiro atoms. The first-order chi connectivity index (χ1) is 8.97. The fourth-order valence-corrected chi connectivity index (χ4v) is 2.46. The second-order valence-electron chi connectivity index (χ2n) is 3.21. The van der Waals surface area contributed by atoms with Crippen LogP contribution in [0.25, 0.3) is 0 Å². The smallest absolute Gasteiger partial charge is 0.288 e. The largest absolute Gasteiger partial charge is 0.298 e. The highest BCUT2D eigenvalue weighted by Gasteiger charge is 2.18. The van der Waals surface area contributed by atoms with Gasteiger partial charge in [-0.1, -0.05) is 22.9 Å². The lowest BCUT2D eigenvalue weighted by atomic mass is 10.2. The summed E-state index contributed by atoms with van der Waals surface area (Å²) in [6.45, 7) is 0. The SMILES string of the molecule is O=C(Nc1ncc(Br)s1)c1cc([N+](=O)[O-])cnc1Cl. The van der Waals surface area contributed by atoms with Crippen LogP contribution in [-0.4, -0.2) is 20.8 Å². The summed E-state index contributed by atoms with van der Waals surface area (Å²) in [5.41, 5.74) is -0.392. The number of pyridine rings is 1. The Balaban J connectivity index is 2.27. The molecule has 0 aromatic carbocycles. The maximum atomic E-state index is 11.9. The van der Waals surface area contributed by atoms with Gasteiger partial charge in [-0.25, -0.2) is 9.97 Å². The summed E-state index contributed by atoms with van der Waals surface area (Å²) in [5, 5.41) is 13.3. The molecule has 0 saturated heterocycles. The number of hydrogen-bond acceptors (Lipinski definition) is 6. The van der Waals surface area contributed by atoms with Crippen molar-refractivity contribution >= 4 is 55.6 Å². The second-order valence-corrected chi connectivity index (χ2v) is 5.98. The summed E-state index contributed by atoms with van der Waals surface area (Å²) in [6, 6.07) is 1.06. The van der Waals surface area contributed by atoms with E-state index >= 15 is 0 Å². The van der Waals surface area contributed by atoms with Gasteiger partial charge in [0.2, 0.25) is 0 Å². The molecule has 0 unspecified atom stereocenters. The topological polar surface area (TPSA) is 98.0 Å². The fourth-order valence-electron chi connectivity index (χ4n) is 1.17. The van der Waals surface area contributed by atoms with Crippen molar-refractivity contribution in [2.45, 2.75) is 0 Å². The maximum absolute atomic E-state index is 11.9. The molecule has 0 radical (unpaired) electrons. The first-order valence-corrected chi connectivity index (χ1v) is 6.68. The van der Waals surface area contributed by atoms with Gasteiger partial charge in [0, 0.05) is 6.07 Å². The number of carbonyl (C=O) groups is 1. The molecule has 0 aliphatic rings. The van der Waals surface area contributed by atoms with Gasteiger partial charge in [0.25, 0.3) is 11.6 Å². The van der Waals surface area contributed by atoms with Crippen LogP contribution in [0.5, 0.6) is 0 Å². The molecule has 1 N–H and O–H groups in total. The second kappa shape index (κ2) is 5.59. The van der Waals surface area contributed by atoms with Crippen molar-refractivity contribution in [1.29, 1.82) is 0 Å². The highest BCUT2D eigenvalue weighted by molar-refractivity contribution is 9.11. The van der Waals surface area contributed by atoms with Crippen LogP contribution in [-0.2, 0) is 0 Å². The van der Waals surface area contributed by atoms with Gasteiger partial charge in [-0.3, -0.25) is 20.2 Å². The van der Waals surface area contributed by atoms with Crippen LogP contribution in [0.3, 0.4) is 0 Å². The minimum absolute atomic E-state index is 0.0813. The van der Waals surface area contributed by atoms with Gasteiger partial charge in [-0.05, 0) is 15.9 Å². The molecule has 2 rings (SSSR count). The quantitative estimate of drug-likeness (QED) is 0.513. The van der Waals surface area contributed by atoms with E-state index < -0.39 is 10.8 Å². The Labute approximate surface area is 123 Å². The number of anilines is 1.